The van der Waals surface area contributed by atoms with Crippen LogP contribution in [-0.4, -0.2) is 24.6 Å². The van der Waals surface area contributed by atoms with Crippen molar-refractivity contribution in [2.24, 2.45) is 11.7 Å². The van der Waals surface area contributed by atoms with Crippen molar-refractivity contribution in [1.82, 2.24) is 0 Å². The van der Waals surface area contributed by atoms with Crippen LogP contribution in [0.25, 0.3) is 0 Å². The van der Waals surface area contributed by atoms with E-state index in [4.69, 9.17) is 10.5 Å². The summed E-state index contributed by atoms with van der Waals surface area (Å²) >= 11 is 0. The number of fused-ring (bicyclic) bond motifs is 1. The first-order valence-corrected chi connectivity index (χ1v) is 7.28. The van der Waals surface area contributed by atoms with Crippen molar-refractivity contribution in [2.75, 3.05) is 11.4 Å². The van der Waals surface area contributed by atoms with Gasteiger partial charge in [-0.25, -0.2) is 0 Å². The molecule has 1 aliphatic heterocycles. The summed E-state index contributed by atoms with van der Waals surface area (Å²) in [5, 5.41) is 0. The molecule has 1 amide bonds. The fraction of sp³-hybridized carbons (Fsp3) is 0.562. The van der Waals surface area contributed by atoms with Crippen molar-refractivity contribution in [3.63, 3.8) is 0 Å². The minimum Gasteiger partial charge on any atom is -0.478 e. The smallest absolute Gasteiger partial charge is 0.268 e. The molecule has 1 aromatic carbocycles. The number of hydrogen-bond donors (Lipinski definition) is 1. The highest BCUT2D eigenvalue weighted by Gasteiger charge is 2.36. The second-order valence-corrected chi connectivity index (χ2v) is 5.87. The summed E-state index contributed by atoms with van der Waals surface area (Å²) < 4.78 is 5.87. The van der Waals surface area contributed by atoms with Gasteiger partial charge < -0.3 is 15.4 Å². The second-order valence-electron chi connectivity index (χ2n) is 5.87. The minimum absolute atomic E-state index is 0.0155. The van der Waals surface area contributed by atoms with Crippen LogP contribution in [0.15, 0.2) is 18.2 Å². The van der Waals surface area contributed by atoms with Crippen molar-refractivity contribution < 1.29 is 9.53 Å². The summed E-state index contributed by atoms with van der Waals surface area (Å²) in [6, 6.07) is 5.92. The Balaban J connectivity index is 2.40. The van der Waals surface area contributed by atoms with E-state index in [2.05, 4.69) is 0 Å². The van der Waals surface area contributed by atoms with Crippen LogP contribution < -0.4 is 15.4 Å². The zero-order valence-corrected chi connectivity index (χ0v) is 12.7. The average molecular weight is 276 g/mol. The van der Waals surface area contributed by atoms with E-state index in [1.807, 2.05) is 45.9 Å². The summed E-state index contributed by atoms with van der Waals surface area (Å²) in [5.74, 6) is 0.927. The standard InChI is InChI=1S/C16H24N2O2/c1-5-12(17)9-18-13-8-11(4)6-7-14(13)20-15(10(2)3)16(18)19/h6-8,10,12,15H,5,9,17H2,1-4H3. The third kappa shape index (κ3) is 2.80. The molecule has 0 aliphatic carbocycles. The fourth-order valence-corrected chi connectivity index (χ4v) is 2.37. The molecule has 1 heterocycles. The van der Waals surface area contributed by atoms with Crippen LogP contribution in [0.2, 0.25) is 0 Å². The van der Waals surface area contributed by atoms with E-state index < -0.39 is 6.10 Å². The lowest BCUT2D eigenvalue weighted by Crippen LogP contribution is -2.51. The van der Waals surface area contributed by atoms with Gasteiger partial charge in [0.05, 0.1) is 5.69 Å². The monoisotopic (exact) mass is 276 g/mol. The quantitative estimate of drug-likeness (QED) is 0.919. The Hall–Kier alpha value is -1.55. The van der Waals surface area contributed by atoms with Gasteiger partial charge in [0.15, 0.2) is 6.10 Å². The number of carbonyl (C=O) groups excluding carboxylic acids is 1. The van der Waals surface area contributed by atoms with Crippen LogP contribution in [-0.2, 0) is 4.79 Å². The van der Waals surface area contributed by atoms with Gasteiger partial charge >= 0.3 is 0 Å². The number of aryl methyl sites for hydroxylation is 1. The molecule has 0 radical (unpaired) electrons. The highest BCUT2D eigenvalue weighted by atomic mass is 16.5. The molecule has 2 unspecified atom stereocenters. The number of rotatable bonds is 4. The van der Waals surface area contributed by atoms with Crippen molar-refractivity contribution >= 4 is 11.6 Å². The summed E-state index contributed by atoms with van der Waals surface area (Å²) in [6.45, 7) is 8.58. The number of hydrogen-bond acceptors (Lipinski definition) is 3. The molecule has 0 saturated heterocycles. The molecule has 2 N–H and O–H groups in total. The molecule has 4 nitrogen and oxygen atoms in total. The molecule has 2 atom stereocenters. The van der Waals surface area contributed by atoms with E-state index in [-0.39, 0.29) is 17.9 Å². The number of amides is 1. The van der Waals surface area contributed by atoms with Gasteiger partial charge in [-0.15, -0.1) is 0 Å². The molecular formula is C16H24N2O2. The average Bonchev–Trinajstić information content (AvgIpc) is 2.41. The SMILES string of the molecule is CCC(N)CN1C(=O)C(C(C)C)Oc2ccc(C)cc21. The van der Waals surface area contributed by atoms with Gasteiger partial charge in [0, 0.05) is 12.6 Å². The lowest BCUT2D eigenvalue weighted by Gasteiger charge is -2.37. The molecule has 1 aromatic rings. The first kappa shape index (κ1) is 14.9. The summed E-state index contributed by atoms with van der Waals surface area (Å²) in [7, 11) is 0. The Bertz CT molecular complexity index is 499. The Kier molecular flexibility index (Phi) is 4.33. The molecule has 20 heavy (non-hydrogen) atoms. The van der Waals surface area contributed by atoms with Gasteiger partial charge in [-0.2, -0.15) is 0 Å². The van der Waals surface area contributed by atoms with Crippen LogP contribution >= 0.6 is 0 Å². The number of nitrogens with zero attached hydrogens (tertiary/aromatic N) is 1. The lowest BCUT2D eigenvalue weighted by molar-refractivity contribution is -0.128. The fourth-order valence-electron chi connectivity index (χ4n) is 2.37. The zero-order valence-electron chi connectivity index (χ0n) is 12.7. The third-order valence-corrected chi connectivity index (χ3v) is 3.72. The van der Waals surface area contributed by atoms with Gasteiger partial charge in [0.2, 0.25) is 0 Å². The topological polar surface area (TPSA) is 55.6 Å². The largest absolute Gasteiger partial charge is 0.478 e. The zero-order chi connectivity index (χ0) is 14.9. The molecule has 0 fully saturated rings. The molecule has 0 spiro atoms. The number of benzene rings is 1. The van der Waals surface area contributed by atoms with E-state index in [1.165, 1.54) is 0 Å². The van der Waals surface area contributed by atoms with Gasteiger partial charge in [0.25, 0.3) is 5.91 Å². The maximum atomic E-state index is 12.6. The maximum Gasteiger partial charge on any atom is 0.268 e. The number of ether oxygens (including phenoxy) is 1. The highest BCUT2D eigenvalue weighted by molar-refractivity contribution is 6.00. The van der Waals surface area contributed by atoms with E-state index >= 15 is 0 Å². The lowest BCUT2D eigenvalue weighted by atomic mass is 10.0. The van der Waals surface area contributed by atoms with Crippen molar-refractivity contribution in [3.8, 4) is 5.75 Å². The second kappa shape index (κ2) is 5.83. The third-order valence-electron chi connectivity index (χ3n) is 3.72. The van der Waals surface area contributed by atoms with E-state index in [1.54, 1.807) is 4.90 Å². The molecule has 0 bridgehead atoms. The van der Waals surface area contributed by atoms with Gasteiger partial charge in [-0.3, -0.25) is 4.79 Å². The summed E-state index contributed by atoms with van der Waals surface area (Å²) in [6.07, 6.45) is 0.423. The van der Waals surface area contributed by atoms with Crippen LogP contribution in [0, 0.1) is 12.8 Å². The van der Waals surface area contributed by atoms with Crippen LogP contribution in [0.5, 0.6) is 5.75 Å². The van der Waals surface area contributed by atoms with Crippen molar-refractivity contribution in [1.29, 1.82) is 0 Å². The Morgan fingerprint density at radius 3 is 2.70 bits per heavy atom. The molecule has 4 heteroatoms. The van der Waals surface area contributed by atoms with Gasteiger partial charge in [-0.1, -0.05) is 26.8 Å². The Labute approximate surface area is 120 Å². The number of carbonyl (C=O) groups is 1. The summed E-state index contributed by atoms with van der Waals surface area (Å²) in [4.78, 5) is 14.4. The van der Waals surface area contributed by atoms with Crippen LogP contribution in [0.4, 0.5) is 5.69 Å². The molecule has 110 valence electrons. The summed E-state index contributed by atoms with van der Waals surface area (Å²) in [5.41, 5.74) is 8.00. The minimum atomic E-state index is -0.422. The van der Waals surface area contributed by atoms with Crippen molar-refractivity contribution in [2.45, 2.75) is 46.3 Å². The van der Waals surface area contributed by atoms with E-state index in [0.29, 0.717) is 6.54 Å². The number of anilines is 1. The molecule has 2 rings (SSSR count). The Morgan fingerprint density at radius 2 is 2.10 bits per heavy atom. The maximum absolute atomic E-state index is 12.6. The molecule has 0 saturated carbocycles. The first-order chi connectivity index (χ1) is 9.43. The van der Waals surface area contributed by atoms with Crippen molar-refractivity contribution in [3.05, 3.63) is 23.8 Å². The predicted molar refractivity (Wildman–Crippen MR) is 81.1 cm³/mol. The molecular weight excluding hydrogens is 252 g/mol. The van der Waals surface area contributed by atoms with E-state index in [9.17, 15) is 4.79 Å². The highest BCUT2D eigenvalue weighted by Crippen LogP contribution is 2.36. The predicted octanol–water partition coefficient (Wildman–Crippen LogP) is 2.48. The van der Waals surface area contributed by atoms with E-state index in [0.717, 1.165) is 23.4 Å². The van der Waals surface area contributed by atoms with Gasteiger partial charge in [-0.05, 0) is 37.0 Å². The first-order valence-electron chi connectivity index (χ1n) is 7.28. The molecule has 1 aliphatic rings. The Morgan fingerprint density at radius 1 is 1.40 bits per heavy atom. The normalized spacial score (nSPS) is 19.8. The van der Waals surface area contributed by atoms with Crippen LogP contribution in [0.1, 0.15) is 32.8 Å². The van der Waals surface area contributed by atoms with Crippen LogP contribution in [0.3, 0.4) is 0 Å². The number of nitrogens with two attached hydrogens (primary N) is 1. The van der Waals surface area contributed by atoms with Gasteiger partial charge in [0.1, 0.15) is 5.75 Å². The molecule has 0 aromatic heterocycles.